The number of carboxylic acid groups (broad SMARTS) is 1. The maximum absolute atomic E-state index is 12.3. The number of carbonyl (C=O) groups is 1. The highest BCUT2D eigenvalue weighted by molar-refractivity contribution is 7.89. The van der Waals surface area contributed by atoms with Gasteiger partial charge >= 0.3 is 5.97 Å². The number of terminal acetylenes is 1. The number of sulfonamides is 1. The smallest absolute Gasteiger partial charge is 0.322 e. The van der Waals surface area contributed by atoms with Crippen molar-refractivity contribution in [2.75, 3.05) is 14.2 Å². The van der Waals surface area contributed by atoms with Crippen molar-refractivity contribution in [3.63, 3.8) is 0 Å². The maximum Gasteiger partial charge on any atom is 0.322 e. The normalized spacial score (nSPS) is 12.2. The molecule has 1 unspecified atom stereocenters. The van der Waals surface area contributed by atoms with Crippen LogP contribution in [0.2, 0.25) is 0 Å². The van der Waals surface area contributed by atoms with Crippen LogP contribution in [-0.4, -0.2) is 39.8 Å². The Hall–Kier alpha value is -2.24. The van der Waals surface area contributed by atoms with E-state index in [2.05, 4.69) is 5.92 Å². The van der Waals surface area contributed by atoms with Crippen molar-refractivity contribution < 1.29 is 27.8 Å². The minimum atomic E-state index is -4.13. The Bertz CT molecular complexity index is 662. The molecule has 7 nitrogen and oxygen atoms in total. The molecule has 0 saturated carbocycles. The van der Waals surface area contributed by atoms with E-state index in [-0.39, 0.29) is 17.1 Å². The second-order valence-electron chi connectivity index (χ2n) is 3.94. The number of nitrogens with one attached hydrogen (secondary N) is 1. The van der Waals surface area contributed by atoms with Gasteiger partial charge in [0.05, 0.1) is 14.2 Å². The third-order valence-electron chi connectivity index (χ3n) is 2.58. The molecule has 0 aliphatic rings. The molecular formula is C13H15NO6S. The second kappa shape index (κ2) is 6.97. The molecule has 0 aromatic heterocycles. The fourth-order valence-corrected chi connectivity index (χ4v) is 2.92. The average molecular weight is 313 g/mol. The monoisotopic (exact) mass is 313 g/mol. The van der Waals surface area contributed by atoms with E-state index in [4.69, 9.17) is 21.0 Å². The SMILES string of the molecule is C#CCC(NS(=O)(=O)c1cc(OC)ccc1OC)C(=O)O. The molecule has 114 valence electrons. The molecule has 21 heavy (non-hydrogen) atoms. The molecule has 1 aromatic rings. The van der Waals surface area contributed by atoms with Crippen molar-refractivity contribution in [1.82, 2.24) is 4.72 Å². The van der Waals surface area contributed by atoms with Crippen LogP contribution in [-0.2, 0) is 14.8 Å². The zero-order valence-corrected chi connectivity index (χ0v) is 12.3. The summed E-state index contributed by atoms with van der Waals surface area (Å²) in [6.45, 7) is 0. The van der Waals surface area contributed by atoms with Crippen molar-refractivity contribution in [2.24, 2.45) is 0 Å². The fourth-order valence-electron chi connectivity index (χ4n) is 1.54. The van der Waals surface area contributed by atoms with Gasteiger partial charge in [-0.3, -0.25) is 4.79 Å². The molecule has 0 heterocycles. The van der Waals surface area contributed by atoms with Gasteiger partial charge in [-0.1, -0.05) is 0 Å². The van der Waals surface area contributed by atoms with Crippen LogP contribution in [0, 0.1) is 12.3 Å². The molecule has 2 N–H and O–H groups in total. The van der Waals surface area contributed by atoms with E-state index in [0.29, 0.717) is 5.75 Å². The van der Waals surface area contributed by atoms with Gasteiger partial charge in [-0.05, 0) is 12.1 Å². The molecule has 0 radical (unpaired) electrons. The minimum absolute atomic E-state index is 0.0631. The number of methoxy groups -OCH3 is 2. The summed E-state index contributed by atoms with van der Waals surface area (Å²) in [5, 5.41) is 8.96. The van der Waals surface area contributed by atoms with Gasteiger partial charge in [-0.25, -0.2) is 8.42 Å². The van der Waals surface area contributed by atoms with Crippen LogP contribution in [0.25, 0.3) is 0 Å². The van der Waals surface area contributed by atoms with Crippen LogP contribution in [0.1, 0.15) is 6.42 Å². The highest BCUT2D eigenvalue weighted by Gasteiger charge is 2.27. The molecule has 0 aliphatic carbocycles. The Balaban J connectivity index is 3.23. The lowest BCUT2D eigenvalue weighted by molar-refractivity contribution is -0.138. The summed E-state index contributed by atoms with van der Waals surface area (Å²) in [5.74, 6) is 1.10. The number of ether oxygens (including phenoxy) is 2. The minimum Gasteiger partial charge on any atom is -0.497 e. The summed E-state index contributed by atoms with van der Waals surface area (Å²) in [6, 6.07) is 2.74. The summed E-state index contributed by atoms with van der Waals surface area (Å²) >= 11 is 0. The first-order chi connectivity index (χ1) is 9.85. The number of carboxylic acids is 1. The number of rotatable bonds is 7. The largest absolute Gasteiger partial charge is 0.497 e. The van der Waals surface area contributed by atoms with Crippen molar-refractivity contribution in [1.29, 1.82) is 0 Å². The average Bonchev–Trinajstić information content (AvgIpc) is 2.45. The van der Waals surface area contributed by atoms with Gasteiger partial charge in [0.15, 0.2) is 0 Å². The number of benzene rings is 1. The van der Waals surface area contributed by atoms with Gasteiger partial charge in [-0.15, -0.1) is 12.3 Å². The summed E-state index contributed by atoms with van der Waals surface area (Å²) in [4.78, 5) is 10.8. The standard InChI is InChI=1S/C13H15NO6S/c1-4-5-10(13(15)16)14-21(17,18)12-8-9(19-2)6-7-11(12)20-3/h1,6-8,10,14H,5H2,2-3H3,(H,15,16). The molecular weight excluding hydrogens is 298 g/mol. The third-order valence-corrected chi connectivity index (χ3v) is 4.07. The first kappa shape index (κ1) is 16.8. The zero-order chi connectivity index (χ0) is 16.0. The van der Waals surface area contributed by atoms with Crippen LogP contribution >= 0.6 is 0 Å². The summed E-state index contributed by atoms with van der Waals surface area (Å²) < 4.78 is 36.5. The predicted molar refractivity (Wildman–Crippen MR) is 74.7 cm³/mol. The van der Waals surface area contributed by atoms with Crippen LogP contribution < -0.4 is 14.2 Å². The zero-order valence-electron chi connectivity index (χ0n) is 11.5. The first-order valence-electron chi connectivity index (χ1n) is 5.76. The van der Waals surface area contributed by atoms with Gasteiger partial charge in [0.1, 0.15) is 22.4 Å². The third kappa shape index (κ3) is 4.11. The Morgan fingerprint density at radius 2 is 2.10 bits per heavy atom. The lowest BCUT2D eigenvalue weighted by Gasteiger charge is -2.15. The van der Waals surface area contributed by atoms with Crippen LogP contribution in [0.15, 0.2) is 23.1 Å². The fraction of sp³-hybridized carbons (Fsp3) is 0.308. The van der Waals surface area contributed by atoms with Crippen LogP contribution in [0.4, 0.5) is 0 Å². The summed E-state index contributed by atoms with van der Waals surface area (Å²) in [7, 11) is -1.45. The molecule has 1 rings (SSSR count). The summed E-state index contributed by atoms with van der Waals surface area (Å²) in [6.07, 6.45) is 4.76. The van der Waals surface area contributed by atoms with E-state index in [1.807, 2.05) is 4.72 Å². The van der Waals surface area contributed by atoms with Crippen LogP contribution in [0.5, 0.6) is 11.5 Å². The van der Waals surface area contributed by atoms with E-state index in [1.165, 1.54) is 32.4 Å². The highest BCUT2D eigenvalue weighted by Crippen LogP contribution is 2.28. The molecule has 0 amide bonds. The Labute approximate surface area is 122 Å². The highest BCUT2D eigenvalue weighted by atomic mass is 32.2. The maximum atomic E-state index is 12.3. The molecule has 1 aromatic carbocycles. The lowest BCUT2D eigenvalue weighted by atomic mass is 10.2. The molecule has 0 fully saturated rings. The quantitative estimate of drug-likeness (QED) is 0.709. The lowest BCUT2D eigenvalue weighted by Crippen LogP contribution is -2.40. The molecule has 1 atom stereocenters. The number of hydrogen-bond acceptors (Lipinski definition) is 5. The Morgan fingerprint density at radius 3 is 2.57 bits per heavy atom. The predicted octanol–water partition coefficient (Wildman–Crippen LogP) is 0.459. The van der Waals surface area contributed by atoms with Crippen molar-refractivity contribution in [2.45, 2.75) is 17.4 Å². The van der Waals surface area contributed by atoms with E-state index in [1.54, 1.807) is 0 Å². The Kier molecular flexibility index (Phi) is 5.58. The molecule has 0 aliphatic heterocycles. The molecule has 0 saturated heterocycles. The topological polar surface area (TPSA) is 102 Å². The van der Waals surface area contributed by atoms with Crippen LogP contribution in [0.3, 0.4) is 0 Å². The van der Waals surface area contributed by atoms with Gasteiger partial charge in [0.2, 0.25) is 10.0 Å². The van der Waals surface area contributed by atoms with Crippen molar-refractivity contribution in [3.8, 4) is 23.8 Å². The molecule has 0 spiro atoms. The van der Waals surface area contributed by atoms with E-state index in [9.17, 15) is 13.2 Å². The van der Waals surface area contributed by atoms with Gasteiger partial charge in [-0.2, -0.15) is 4.72 Å². The first-order valence-corrected chi connectivity index (χ1v) is 7.24. The second-order valence-corrected chi connectivity index (χ2v) is 5.62. The molecule has 8 heteroatoms. The molecule has 0 bridgehead atoms. The Morgan fingerprint density at radius 1 is 1.43 bits per heavy atom. The van der Waals surface area contributed by atoms with Gasteiger partial charge in [0.25, 0.3) is 0 Å². The van der Waals surface area contributed by atoms with Crippen molar-refractivity contribution in [3.05, 3.63) is 18.2 Å². The van der Waals surface area contributed by atoms with Gasteiger partial charge < -0.3 is 14.6 Å². The van der Waals surface area contributed by atoms with Gasteiger partial charge in [0, 0.05) is 12.5 Å². The summed E-state index contributed by atoms with van der Waals surface area (Å²) in [5.41, 5.74) is 0. The van der Waals surface area contributed by atoms with E-state index in [0.717, 1.165) is 0 Å². The van der Waals surface area contributed by atoms with E-state index >= 15 is 0 Å². The van der Waals surface area contributed by atoms with E-state index < -0.39 is 22.0 Å². The number of aliphatic carboxylic acids is 1. The van der Waals surface area contributed by atoms with Crippen molar-refractivity contribution >= 4 is 16.0 Å². The number of hydrogen-bond donors (Lipinski definition) is 2.